The average molecular weight is 288 g/mol. The third kappa shape index (κ3) is 3.65. The van der Waals surface area contributed by atoms with Crippen LogP contribution in [0.4, 0.5) is 11.8 Å². The third-order valence-corrected chi connectivity index (χ3v) is 2.35. The standard InChI is InChI=1S/C9H14BrN5O/c1-3-12-9-14-4-6(10)8(15-9)13-5-7(16)11-2/h4H,3,5H2,1-2H3,(H,11,16)(H2,12,13,14,15). The van der Waals surface area contributed by atoms with Gasteiger partial charge in [-0.15, -0.1) is 0 Å². The molecule has 1 amide bonds. The third-order valence-electron chi connectivity index (χ3n) is 1.77. The highest BCUT2D eigenvalue weighted by Crippen LogP contribution is 2.19. The Bertz CT molecular complexity index is 371. The topological polar surface area (TPSA) is 78.9 Å². The van der Waals surface area contributed by atoms with Gasteiger partial charge in [0.1, 0.15) is 5.82 Å². The fourth-order valence-corrected chi connectivity index (χ4v) is 1.32. The lowest BCUT2D eigenvalue weighted by Crippen LogP contribution is -2.26. The molecule has 0 spiro atoms. The quantitative estimate of drug-likeness (QED) is 0.748. The first kappa shape index (κ1) is 12.7. The highest BCUT2D eigenvalue weighted by atomic mass is 79.9. The van der Waals surface area contributed by atoms with Gasteiger partial charge in [-0.05, 0) is 22.9 Å². The van der Waals surface area contributed by atoms with E-state index in [4.69, 9.17) is 0 Å². The minimum Gasteiger partial charge on any atom is -0.360 e. The van der Waals surface area contributed by atoms with Crippen LogP contribution < -0.4 is 16.0 Å². The normalized spacial score (nSPS) is 9.69. The molecule has 1 heterocycles. The minimum absolute atomic E-state index is 0.101. The van der Waals surface area contributed by atoms with E-state index in [0.29, 0.717) is 11.8 Å². The molecule has 0 saturated heterocycles. The van der Waals surface area contributed by atoms with Crippen molar-refractivity contribution in [1.29, 1.82) is 0 Å². The predicted molar refractivity (Wildman–Crippen MR) is 66.5 cm³/mol. The Morgan fingerprint density at radius 2 is 2.25 bits per heavy atom. The summed E-state index contributed by atoms with van der Waals surface area (Å²) in [6, 6.07) is 0. The van der Waals surface area contributed by atoms with Gasteiger partial charge < -0.3 is 16.0 Å². The minimum atomic E-state index is -0.101. The van der Waals surface area contributed by atoms with Crippen LogP contribution in [-0.4, -0.2) is 36.0 Å². The van der Waals surface area contributed by atoms with E-state index in [1.807, 2.05) is 6.92 Å². The van der Waals surface area contributed by atoms with Gasteiger partial charge in [-0.1, -0.05) is 0 Å². The van der Waals surface area contributed by atoms with Crippen LogP contribution in [0.25, 0.3) is 0 Å². The largest absolute Gasteiger partial charge is 0.360 e. The lowest BCUT2D eigenvalue weighted by Gasteiger charge is -2.08. The number of amides is 1. The molecule has 0 unspecified atom stereocenters. The van der Waals surface area contributed by atoms with Crippen LogP contribution in [-0.2, 0) is 4.79 Å². The molecule has 0 fully saturated rings. The molecule has 0 aliphatic heterocycles. The fourth-order valence-electron chi connectivity index (χ4n) is 0.987. The Morgan fingerprint density at radius 3 is 2.88 bits per heavy atom. The van der Waals surface area contributed by atoms with Crippen molar-refractivity contribution in [2.24, 2.45) is 0 Å². The maximum absolute atomic E-state index is 11.1. The first-order valence-corrected chi connectivity index (χ1v) is 5.67. The summed E-state index contributed by atoms with van der Waals surface area (Å²) in [5.41, 5.74) is 0. The summed E-state index contributed by atoms with van der Waals surface area (Å²) in [6.45, 7) is 2.89. The summed E-state index contributed by atoms with van der Waals surface area (Å²) in [5.74, 6) is 1.02. The first-order chi connectivity index (χ1) is 7.67. The van der Waals surface area contributed by atoms with Crippen LogP contribution >= 0.6 is 15.9 Å². The maximum atomic E-state index is 11.1. The van der Waals surface area contributed by atoms with Crippen molar-refractivity contribution < 1.29 is 4.79 Å². The number of hydrogen-bond acceptors (Lipinski definition) is 5. The number of rotatable bonds is 5. The van der Waals surface area contributed by atoms with E-state index >= 15 is 0 Å². The zero-order valence-electron chi connectivity index (χ0n) is 9.17. The van der Waals surface area contributed by atoms with E-state index < -0.39 is 0 Å². The van der Waals surface area contributed by atoms with Crippen molar-refractivity contribution in [1.82, 2.24) is 15.3 Å². The summed E-state index contributed by atoms with van der Waals surface area (Å²) in [4.78, 5) is 19.3. The number of anilines is 2. The zero-order chi connectivity index (χ0) is 12.0. The van der Waals surface area contributed by atoms with Crippen molar-refractivity contribution in [3.8, 4) is 0 Å². The number of likely N-dealkylation sites (N-methyl/N-ethyl adjacent to an activating group) is 1. The molecular formula is C9H14BrN5O. The second-order valence-corrected chi connectivity index (χ2v) is 3.80. The second-order valence-electron chi connectivity index (χ2n) is 2.95. The number of nitrogens with zero attached hydrogens (tertiary/aromatic N) is 2. The van der Waals surface area contributed by atoms with Crippen LogP contribution in [0.2, 0.25) is 0 Å². The van der Waals surface area contributed by atoms with Crippen LogP contribution in [0.5, 0.6) is 0 Å². The summed E-state index contributed by atoms with van der Waals surface area (Å²) in [5, 5.41) is 8.42. The highest BCUT2D eigenvalue weighted by molar-refractivity contribution is 9.10. The summed E-state index contributed by atoms with van der Waals surface area (Å²) in [7, 11) is 1.59. The Morgan fingerprint density at radius 1 is 1.50 bits per heavy atom. The molecule has 0 aromatic carbocycles. The summed E-state index contributed by atoms with van der Waals surface area (Å²) < 4.78 is 0.720. The van der Waals surface area contributed by atoms with Gasteiger partial charge >= 0.3 is 0 Å². The lowest BCUT2D eigenvalue weighted by atomic mass is 10.5. The van der Waals surface area contributed by atoms with Gasteiger partial charge in [0.25, 0.3) is 0 Å². The van der Waals surface area contributed by atoms with Crippen LogP contribution in [0.15, 0.2) is 10.7 Å². The van der Waals surface area contributed by atoms with E-state index in [1.165, 1.54) is 0 Å². The number of aromatic nitrogens is 2. The molecule has 1 aromatic rings. The van der Waals surface area contributed by atoms with E-state index in [2.05, 4.69) is 41.8 Å². The zero-order valence-corrected chi connectivity index (χ0v) is 10.8. The molecule has 0 aliphatic rings. The Balaban J connectivity index is 2.70. The van der Waals surface area contributed by atoms with Crippen LogP contribution in [0.3, 0.4) is 0 Å². The van der Waals surface area contributed by atoms with Crippen molar-refractivity contribution >= 4 is 33.6 Å². The molecule has 3 N–H and O–H groups in total. The van der Waals surface area contributed by atoms with E-state index in [-0.39, 0.29) is 12.5 Å². The van der Waals surface area contributed by atoms with Crippen molar-refractivity contribution in [2.75, 3.05) is 30.8 Å². The van der Waals surface area contributed by atoms with Crippen molar-refractivity contribution in [3.05, 3.63) is 10.7 Å². The predicted octanol–water partition coefficient (Wildman–Crippen LogP) is 0.829. The molecule has 0 bridgehead atoms. The monoisotopic (exact) mass is 287 g/mol. The van der Waals surface area contributed by atoms with Crippen molar-refractivity contribution in [2.45, 2.75) is 6.92 Å². The van der Waals surface area contributed by atoms with Crippen molar-refractivity contribution in [3.63, 3.8) is 0 Å². The molecule has 88 valence electrons. The van der Waals surface area contributed by atoms with Gasteiger partial charge in [0.2, 0.25) is 11.9 Å². The summed E-state index contributed by atoms with van der Waals surface area (Å²) >= 11 is 3.31. The van der Waals surface area contributed by atoms with E-state index in [9.17, 15) is 4.79 Å². The molecule has 1 rings (SSSR count). The Kier molecular flexibility index (Phi) is 4.97. The molecule has 0 radical (unpaired) electrons. The molecule has 1 aromatic heterocycles. The lowest BCUT2D eigenvalue weighted by molar-refractivity contribution is -0.118. The number of carbonyl (C=O) groups excluding carboxylic acids is 1. The number of halogens is 1. The highest BCUT2D eigenvalue weighted by Gasteiger charge is 2.05. The fraction of sp³-hybridized carbons (Fsp3) is 0.444. The van der Waals surface area contributed by atoms with Crippen LogP contribution in [0, 0.1) is 0 Å². The van der Waals surface area contributed by atoms with Gasteiger partial charge in [0.15, 0.2) is 0 Å². The summed E-state index contributed by atoms with van der Waals surface area (Å²) in [6.07, 6.45) is 1.64. The maximum Gasteiger partial charge on any atom is 0.239 e. The average Bonchev–Trinajstić information content (AvgIpc) is 2.29. The molecule has 0 atom stereocenters. The van der Waals surface area contributed by atoms with Gasteiger partial charge in [-0.3, -0.25) is 4.79 Å². The SMILES string of the molecule is CCNc1ncc(Br)c(NCC(=O)NC)n1. The first-order valence-electron chi connectivity index (χ1n) is 4.88. The number of carbonyl (C=O) groups is 1. The Labute approximate surface area is 102 Å². The molecule has 7 heteroatoms. The van der Waals surface area contributed by atoms with Gasteiger partial charge in [0.05, 0.1) is 11.0 Å². The van der Waals surface area contributed by atoms with Gasteiger partial charge in [-0.2, -0.15) is 4.98 Å². The van der Waals surface area contributed by atoms with Gasteiger partial charge in [0, 0.05) is 19.8 Å². The van der Waals surface area contributed by atoms with Gasteiger partial charge in [-0.25, -0.2) is 4.98 Å². The second kappa shape index (κ2) is 6.26. The number of hydrogen-bond donors (Lipinski definition) is 3. The Hall–Kier alpha value is -1.37. The smallest absolute Gasteiger partial charge is 0.239 e. The molecular weight excluding hydrogens is 274 g/mol. The molecule has 16 heavy (non-hydrogen) atoms. The molecule has 6 nitrogen and oxygen atoms in total. The van der Waals surface area contributed by atoms with E-state index in [1.54, 1.807) is 13.2 Å². The van der Waals surface area contributed by atoms with Crippen LogP contribution in [0.1, 0.15) is 6.92 Å². The molecule has 0 aliphatic carbocycles. The number of nitrogens with one attached hydrogen (secondary N) is 3. The van der Waals surface area contributed by atoms with E-state index in [0.717, 1.165) is 11.0 Å². The molecule has 0 saturated carbocycles.